The maximum atomic E-state index is 4.53. The number of pyridine rings is 1. The van der Waals surface area contributed by atoms with E-state index in [0.717, 1.165) is 5.92 Å². The molecule has 3 rings (SSSR count). The van der Waals surface area contributed by atoms with Gasteiger partial charge in [-0.1, -0.05) is 37.1 Å². The van der Waals surface area contributed by atoms with E-state index in [9.17, 15) is 0 Å². The van der Waals surface area contributed by atoms with Crippen LogP contribution in [0.5, 0.6) is 0 Å². The molecule has 0 amide bonds. The van der Waals surface area contributed by atoms with Crippen molar-refractivity contribution in [2.24, 2.45) is 0 Å². The summed E-state index contributed by atoms with van der Waals surface area (Å²) in [5.41, 5.74) is 2.68. The minimum absolute atomic E-state index is 0.753. The molecule has 0 atom stereocenters. The average Bonchev–Trinajstić information content (AvgIpc) is 2.82. The third kappa shape index (κ3) is 1.52. The molecule has 0 spiro atoms. The van der Waals surface area contributed by atoms with Gasteiger partial charge in [-0.05, 0) is 30.4 Å². The quantitative estimate of drug-likeness (QED) is 0.675. The van der Waals surface area contributed by atoms with Crippen molar-refractivity contribution in [2.75, 3.05) is 0 Å². The summed E-state index contributed by atoms with van der Waals surface area (Å²) < 4.78 is 0. The molecule has 1 aromatic heterocycles. The number of benzene rings is 1. The Hall–Kier alpha value is -1.37. The standard InChI is InChI=1S/C14H15N/c1-2-6-11(5-1)13-9-3-7-12-8-4-10-15-14(12)13/h3-4,7-11H,1-2,5-6H2. The molecule has 0 saturated heterocycles. The molecule has 1 fully saturated rings. The second-order valence-electron chi connectivity index (χ2n) is 4.40. The largest absolute Gasteiger partial charge is 0.256 e. The minimum atomic E-state index is 0.753. The van der Waals surface area contributed by atoms with Crippen molar-refractivity contribution in [2.45, 2.75) is 31.6 Å². The Morgan fingerprint density at radius 3 is 2.67 bits per heavy atom. The van der Waals surface area contributed by atoms with Crippen molar-refractivity contribution in [3.05, 3.63) is 42.1 Å². The minimum Gasteiger partial charge on any atom is -0.256 e. The first-order valence-corrected chi connectivity index (χ1v) is 5.79. The van der Waals surface area contributed by atoms with E-state index in [-0.39, 0.29) is 0 Å². The van der Waals surface area contributed by atoms with Crippen molar-refractivity contribution >= 4 is 10.9 Å². The molecule has 0 aliphatic heterocycles. The van der Waals surface area contributed by atoms with Crippen molar-refractivity contribution in [1.82, 2.24) is 4.98 Å². The Balaban J connectivity index is 2.16. The molecule has 1 nitrogen and oxygen atoms in total. The van der Waals surface area contributed by atoms with E-state index in [1.807, 2.05) is 12.3 Å². The third-order valence-electron chi connectivity index (χ3n) is 3.46. The van der Waals surface area contributed by atoms with Gasteiger partial charge in [0.25, 0.3) is 0 Å². The van der Waals surface area contributed by atoms with Crippen LogP contribution in [0, 0.1) is 0 Å². The van der Waals surface area contributed by atoms with Crippen LogP contribution in [0.25, 0.3) is 10.9 Å². The van der Waals surface area contributed by atoms with Crippen LogP contribution >= 0.6 is 0 Å². The van der Waals surface area contributed by atoms with Gasteiger partial charge in [-0.15, -0.1) is 0 Å². The van der Waals surface area contributed by atoms with Gasteiger partial charge < -0.3 is 0 Å². The van der Waals surface area contributed by atoms with E-state index in [1.165, 1.54) is 42.1 Å². The van der Waals surface area contributed by atoms with Crippen molar-refractivity contribution in [3.63, 3.8) is 0 Å². The van der Waals surface area contributed by atoms with Crippen LogP contribution in [0.2, 0.25) is 0 Å². The van der Waals surface area contributed by atoms with Crippen LogP contribution < -0.4 is 0 Å². The Kier molecular flexibility index (Phi) is 2.17. The molecule has 1 saturated carbocycles. The molecule has 1 heterocycles. The lowest BCUT2D eigenvalue weighted by atomic mass is 9.95. The highest BCUT2D eigenvalue weighted by Crippen LogP contribution is 2.36. The summed E-state index contributed by atoms with van der Waals surface area (Å²) in [5.74, 6) is 0.753. The topological polar surface area (TPSA) is 12.9 Å². The van der Waals surface area contributed by atoms with Gasteiger partial charge in [0.1, 0.15) is 0 Å². The molecule has 76 valence electrons. The van der Waals surface area contributed by atoms with Crippen LogP contribution in [-0.2, 0) is 0 Å². The molecule has 15 heavy (non-hydrogen) atoms. The molecule has 0 N–H and O–H groups in total. The van der Waals surface area contributed by atoms with Gasteiger partial charge in [0.15, 0.2) is 0 Å². The Morgan fingerprint density at radius 2 is 1.80 bits per heavy atom. The van der Waals surface area contributed by atoms with E-state index in [2.05, 4.69) is 29.2 Å². The van der Waals surface area contributed by atoms with E-state index in [4.69, 9.17) is 0 Å². The number of nitrogens with zero attached hydrogens (tertiary/aromatic N) is 1. The van der Waals surface area contributed by atoms with Crippen LogP contribution in [0.15, 0.2) is 36.5 Å². The second-order valence-corrected chi connectivity index (χ2v) is 4.40. The average molecular weight is 197 g/mol. The lowest BCUT2D eigenvalue weighted by molar-refractivity contribution is 0.728. The van der Waals surface area contributed by atoms with Gasteiger partial charge in [0.05, 0.1) is 5.52 Å². The predicted octanol–water partition coefficient (Wildman–Crippen LogP) is 3.89. The first-order valence-electron chi connectivity index (χ1n) is 5.79. The molecule has 0 unspecified atom stereocenters. The zero-order chi connectivity index (χ0) is 10.1. The predicted molar refractivity (Wildman–Crippen MR) is 63.0 cm³/mol. The fourth-order valence-corrected chi connectivity index (χ4v) is 2.69. The number of rotatable bonds is 1. The number of hydrogen-bond acceptors (Lipinski definition) is 1. The highest BCUT2D eigenvalue weighted by molar-refractivity contribution is 5.82. The SMILES string of the molecule is c1cnc2c(C3CCCC3)cccc2c1. The van der Waals surface area contributed by atoms with Crippen LogP contribution in [0.1, 0.15) is 37.2 Å². The molecule has 1 heteroatoms. The normalized spacial score (nSPS) is 17.3. The maximum absolute atomic E-state index is 4.53. The summed E-state index contributed by atoms with van der Waals surface area (Å²) in [6.45, 7) is 0. The molecule has 1 aromatic carbocycles. The number of para-hydroxylation sites is 1. The second kappa shape index (κ2) is 3.65. The van der Waals surface area contributed by atoms with E-state index in [1.54, 1.807) is 0 Å². The Morgan fingerprint density at radius 1 is 1.00 bits per heavy atom. The first kappa shape index (κ1) is 8.90. The van der Waals surface area contributed by atoms with Crippen LogP contribution in [0.3, 0.4) is 0 Å². The van der Waals surface area contributed by atoms with Crippen LogP contribution in [0.4, 0.5) is 0 Å². The van der Waals surface area contributed by atoms with Crippen molar-refractivity contribution in [3.8, 4) is 0 Å². The summed E-state index contributed by atoms with van der Waals surface area (Å²) in [4.78, 5) is 4.53. The van der Waals surface area contributed by atoms with E-state index < -0.39 is 0 Å². The van der Waals surface area contributed by atoms with Gasteiger partial charge in [-0.25, -0.2) is 0 Å². The zero-order valence-electron chi connectivity index (χ0n) is 8.82. The molecule has 2 aromatic rings. The monoisotopic (exact) mass is 197 g/mol. The molecule has 0 radical (unpaired) electrons. The van der Waals surface area contributed by atoms with Gasteiger partial charge in [0.2, 0.25) is 0 Å². The number of aromatic nitrogens is 1. The summed E-state index contributed by atoms with van der Waals surface area (Å²) >= 11 is 0. The summed E-state index contributed by atoms with van der Waals surface area (Å²) in [7, 11) is 0. The Bertz CT molecular complexity index is 464. The zero-order valence-corrected chi connectivity index (χ0v) is 8.82. The first-order chi connectivity index (χ1) is 7.45. The third-order valence-corrected chi connectivity index (χ3v) is 3.46. The maximum Gasteiger partial charge on any atom is 0.0736 e. The molecular formula is C14H15N. The number of fused-ring (bicyclic) bond motifs is 1. The molecule has 1 aliphatic carbocycles. The van der Waals surface area contributed by atoms with Crippen molar-refractivity contribution < 1.29 is 0 Å². The fraction of sp³-hybridized carbons (Fsp3) is 0.357. The highest BCUT2D eigenvalue weighted by atomic mass is 14.7. The van der Waals surface area contributed by atoms with E-state index >= 15 is 0 Å². The smallest absolute Gasteiger partial charge is 0.0736 e. The summed E-state index contributed by atoms with van der Waals surface area (Å²) in [6, 6.07) is 10.7. The van der Waals surface area contributed by atoms with Crippen molar-refractivity contribution in [1.29, 1.82) is 0 Å². The molecule has 0 bridgehead atoms. The number of hydrogen-bond donors (Lipinski definition) is 0. The van der Waals surface area contributed by atoms with E-state index in [0.29, 0.717) is 0 Å². The van der Waals surface area contributed by atoms with Gasteiger partial charge in [-0.3, -0.25) is 4.98 Å². The summed E-state index contributed by atoms with van der Waals surface area (Å²) in [5, 5.41) is 1.28. The van der Waals surface area contributed by atoms with Crippen LogP contribution in [-0.4, -0.2) is 4.98 Å². The molecular weight excluding hydrogens is 182 g/mol. The summed E-state index contributed by atoms with van der Waals surface area (Å²) in [6.07, 6.45) is 7.36. The Labute approximate surface area is 90.2 Å². The molecule has 1 aliphatic rings. The van der Waals surface area contributed by atoms with Gasteiger partial charge in [0, 0.05) is 11.6 Å². The lowest BCUT2D eigenvalue weighted by Gasteiger charge is -2.11. The lowest BCUT2D eigenvalue weighted by Crippen LogP contribution is -1.94. The fourth-order valence-electron chi connectivity index (χ4n) is 2.69. The van der Waals surface area contributed by atoms with Gasteiger partial charge in [-0.2, -0.15) is 0 Å². The van der Waals surface area contributed by atoms with Gasteiger partial charge >= 0.3 is 0 Å². The highest BCUT2D eigenvalue weighted by Gasteiger charge is 2.19.